The zero-order valence-corrected chi connectivity index (χ0v) is 13.4. The molecule has 0 saturated heterocycles. The Hall–Kier alpha value is -1.88. The molecule has 1 aromatic heterocycles. The highest BCUT2D eigenvalue weighted by molar-refractivity contribution is 7.20. The van der Waals surface area contributed by atoms with Crippen molar-refractivity contribution < 1.29 is 14.3 Å². The van der Waals surface area contributed by atoms with Crippen LogP contribution in [-0.4, -0.2) is 23.5 Å². The summed E-state index contributed by atoms with van der Waals surface area (Å²) in [5.41, 5.74) is -0.352. The molecule has 1 amide bonds. The van der Waals surface area contributed by atoms with Crippen LogP contribution >= 0.6 is 11.3 Å². The molecule has 21 heavy (non-hydrogen) atoms. The summed E-state index contributed by atoms with van der Waals surface area (Å²) < 4.78 is 6.26. The van der Waals surface area contributed by atoms with Crippen LogP contribution in [0.2, 0.25) is 0 Å². The van der Waals surface area contributed by atoms with E-state index in [1.165, 1.54) is 11.3 Å². The van der Waals surface area contributed by atoms with Gasteiger partial charge in [-0.25, -0.2) is 4.79 Å². The molecule has 1 aromatic carbocycles. The van der Waals surface area contributed by atoms with Gasteiger partial charge in [0.2, 0.25) is 0 Å². The predicted octanol–water partition coefficient (Wildman–Crippen LogP) is 3.36. The summed E-state index contributed by atoms with van der Waals surface area (Å²) in [4.78, 5) is 24.5. The molecule has 112 valence electrons. The number of benzene rings is 1. The molecule has 0 bridgehead atoms. The molecular formula is C16H19NO3S. The van der Waals surface area contributed by atoms with E-state index in [9.17, 15) is 9.59 Å². The lowest BCUT2D eigenvalue weighted by Crippen LogP contribution is -2.46. The van der Waals surface area contributed by atoms with Gasteiger partial charge in [0, 0.05) is 10.2 Å². The van der Waals surface area contributed by atoms with Crippen molar-refractivity contribution in [1.82, 2.24) is 5.32 Å². The van der Waals surface area contributed by atoms with E-state index in [1.807, 2.05) is 45.0 Å². The van der Waals surface area contributed by atoms with E-state index < -0.39 is 12.1 Å². The Balaban J connectivity index is 2.05. The minimum Gasteiger partial charge on any atom is -0.448 e. The molecule has 0 aliphatic heterocycles. The Morgan fingerprint density at radius 2 is 1.90 bits per heavy atom. The molecule has 2 aromatic rings. The summed E-state index contributed by atoms with van der Waals surface area (Å²) in [6.45, 7) is 7.22. The maximum absolute atomic E-state index is 12.1. The molecule has 1 atom stereocenters. The average Bonchev–Trinajstić information content (AvgIpc) is 2.80. The number of nitrogens with one attached hydrogen (secondary N) is 1. The molecule has 1 heterocycles. The summed E-state index contributed by atoms with van der Waals surface area (Å²) >= 11 is 1.37. The fourth-order valence-electron chi connectivity index (χ4n) is 1.83. The van der Waals surface area contributed by atoms with Gasteiger partial charge in [-0.15, -0.1) is 11.3 Å². The summed E-state index contributed by atoms with van der Waals surface area (Å²) in [5, 5.41) is 3.79. The van der Waals surface area contributed by atoms with Crippen LogP contribution < -0.4 is 5.32 Å². The zero-order chi connectivity index (χ0) is 15.6. The lowest BCUT2D eigenvalue weighted by molar-refractivity contribution is -0.130. The van der Waals surface area contributed by atoms with Crippen LogP contribution in [0, 0.1) is 0 Å². The van der Waals surface area contributed by atoms with Crippen LogP contribution in [0.4, 0.5) is 0 Å². The molecule has 0 spiro atoms. The highest BCUT2D eigenvalue weighted by atomic mass is 32.1. The van der Waals surface area contributed by atoms with Gasteiger partial charge in [-0.1, -0.05) is 18.2 Å². The monoisotopic (exact) mass is 305 g/mol. The maximum atomic E-state index is 12.1. The first-order valence-corrected chi connectivity index (χ1v) is 7.59. The van der Waals surface area contributed by atoms with Crippen LogP contribution in [0.5, 0.6) is 0 Å². The Morgan fingerprint density at radius 3 is 2.52 bits per heavy atom. The number of esters is 1. The highest BCUT2D eigenvalue weighted by Gasteiger charge is 2.23. The standard InChI is InChI=1S/C16H19NO3S/c1-10(14(18)17-16(2,3)4)20-15(19)13-9-11-7-5-6-8-12(11)21-13/h5-10H,1-4H3,(H,17,18)/t10-/m1/s1. The number of carbonyl (C=O) groups is 2. The van der Waals surface area contributed by atoms with E-state index in [4.69, 9.17) is 4.74 Å². The van der Waals surface area contributed by atoms with Crippen molar-refractivity contribution in [3.63, 3.8) is 0 Å². The van der Waals surface area contributed by atoms with Crippen molar-refractivity contribution in [2.75, 3.05) is 0 Å². The van der Waals surface area contributed by atoms with Crippen molar-refractivity contribution in [1.29, 1.82) is 0 Å². The van der Waals surface area contributed by atoms with Crippen molar-refractivity contribution in [3.8, 4) is 0 Å². The number of amides is 1. The molecule has 0 aliphatic carbocycles. The van der Waals surface area contributed by atoms with E-state index in [1.54, 1.807) is 13.0 Å². The van der Waals surface area contributed by atoms with Gasteiger partial charge in [-0.2, -0.15) is 0 Å². The molecule has 0 unspecified atom stereocenters. The van der Waals surface area contributed by atoms with Crippen molar-refractivity contribution in [2.24, 2.45) is 0 Å². The largest absolute Gasteiger partial charge is 0.448 e. The number of carbonyl (C=O) groups excluding carboxylic acids is 2. The fraction of sp³-hybridized carbons (Fsp3) is 0.375. The van der Waals surface area contributed by atoms with Gasteiger partial charge < -0.3 is 10.1 Å². The van der Waals surface area contributed by atoms with E-state index in [0.717, 1.165) is 10.1 Å². The van der Waals surface area contributed by atoms with Gasteiger partial charge in [0.25, 0.3) is 5.91 Å². The van der Waals surface area contributed by atoms with Crippen molar-refractivity contribution in [2.45, 2.75) is 39.3 Å². The number of thiophene rings is 1. The molecule has 1 N–H and O–H groups in total. The summed E-state index contributed by atoms with van der Waals surface area (Å²) in [5.74, 6) is -0.760. The smallest absolute Gasteiger partial charge is 0.349 e. The Morgan fingerprint density at radius 1 is 1.24 bits per heavy atom. The van der Waals surface area contributed by atoms with Crippen LogP contribution in [0.25, 0.3) is 10.1 Å². The number of ether oxygens (including phenoxy) is 1. The SMILES string of the molecule is C[C@@H](OC(=O)c1cc2ccccc2s1)C(=O)NC(C)(C)C. The minimum atomic E-state index is -0.818. The molecule has 0 aliphatic rings. The molecule has 0 saturated carbocycles. The Kier molecular flexibility index (Phi) is 4.32. The summed E-state index contributed by atoms with van der Waals surface area (Å²) in [6.07, 6.45) is -0.818. The third-order valence-electron chi connectivity index (χ3n) is 2.78. The first-order chi connectivity index (χ1) is 9.76. The van der Waals surface area contributed by atoms with Gasteiger partial charge in [0.1, 0.15) is 4.88 Å². The molecule has 5 heteroatoms. The molecule has 0 radical (unpaired) electrons. The number of hydrogen-bond acceptors (Lipinski definition) is 4. The predicted molar refractivity (Wildman–Crippen MR) is 84.6 cm³/mol. The van der Waals surface area contributed by atoms with Gasteiger partial charge in [-0.05, 0) is 45.2 Å². The average molecular weight is 305 g/mol. The Labute approximate surface area is 128 Å². The second-order valence-electron chi connectivity index (χ2n) is 5.94. The van der Waals surface area contributed by atoms with Crippen molar-refractivity contribution in [3.05, 3.63) is 35.2 Å². The van der Waals surface area contributed by atoms with E-state index >= 15 is 0 Å². The number of rotatable bonds is 3. The second-order valence-corrected chi connectivity index (χ2v) is 7.02. The third-order valence-corrected chi connectivity index (χ3v) is 3.87. The highest BCUT2D eigenvalue weighted by Crippen LogP contribution is 2.26. The van der Waals surface area contributed by atoms with E-state index in [2.05, 4.69) is 5.32 Å². The topological polar surface area (TPSA) is 55.4 Å². The normalized spacial score (nSPS) is 13.0. The second kappa shape index (κ2) is 5.85. The molecular weight excluding hydrogens is 286 g/mol. The van der Waals surface area contributed by atoms with Gasteiger partial charge in [0.15, 0.2) is 6.10 Å². The minimum absolute atomic E-state index is 0.294. The van der Waals surface area contributed by atoms with Crippen LogP contribution in [-0.2, 0) is 9.53 Å². The summed E-state index contributed by atoms with van der Waals surface area (Å²) in [6, 6.07) is 9.53. The van der Waals surface area contributed by atoms with Crippen LogP contribution in [0.15, 0.2) is 30.3 Å². The van der Waals surface area contributed by atoms with Gasteiger partial charge in [-0.3, -0.25) is 4.79 Å². The molecule has 4 nitrogen and oxygen atoms in total. The van der Waals surface area contributed by atoms with E-state index in [-0.39, 0.29) is 11.4 Å². The first-order valence-electron chi connectivity index (χ1n) is 6.78. The lowest BCUT2D eigenvalue weighted by atomic mass is 10.1. The fourth-order valence-corrected chi connectivity index (χ4v) is 2.77. The van der Waals surface area contributed by atoms with Gasteiger partial charge in [0.05, 0.1) is 0 Å². The first kappa shape index (κ1) is 15.5. The number of fused-ring (bicyclic) bond motifs is 1. The number of hydrogen-bond donors (Lipinski definition) is 1. The quantitative estimate of drug-likeness (QED) is 0.885. The summed E-state index contributed by atoms with van der Waals surface area (Å²) in [7, 11) is 0. The Bertz CT molecular complexity index is 636. The molecule has 2 rings (SSSR count). The van der Waals surface area contributed by atoms with Crippen molar-refractivity contribution >= 4 is 33.3 Å². The third kappa shape index (κ3) is 4.04. The maximum Gasteiger partial charge on any atom is 0.349 e. The molecule has 0 fully saturated rings. The van der Waals surface area contributed by atoms with Crippen LogP contribution in [0.3, 0.4) is 0 Å². The van der Waals surface area contributed by atoms with Gasteiger partial charge >= 0.3 is 5.97 Å². The van der Waals surface area contributed by atoms with E-state index in [0.29, 0.717) is 4.88 Å². The zero-order valence-electron chi connectivity index (χ0n) is 12.6. The lowest BCUT2D eigenvalue weighted by Gasteiger charge is -2.23. The van der Waals surface area contributed by atoms with Crippen LogP contribution in [0.1, 0.15) is 37.4 Å².